The number of esters is 2. The molecule has 2 aromatic rings. The summed E-state index contributed by atoms with van der Waals surface area (Å²) in [6.45, 7) is 6.41. The van der Waals surface area contributed by atoms with Crippen molar-refractivity contribution in [1.82, 2.24) is 4.90 Å². The molecular formula is C30H38N2O5. The number of anilines is 1. The number of methoxy groups -OCH3 is 1. The smallest absolute Gasteiger partial charge is 0.330 e. The van der Waals surface area contributed by atoms with E-state index in [2.05, 4.69) is 12.1 Å². The molecule has 1 heterocycles. The Morgan fingerprint density at radius 3 is 2.16 bits per heavy atom. The SMILES string of the molecule is COC(=O)[C@@H]1CN(c2ccc(-c3ccccc3)cc2)CN1C(=O)[C@@H](CC(=O)OC1CCCC1)C(C)(C)C. The number of amides is 1. The Hall–Kier alpha value is -3.35. The molecule has 37 heavy (non-hydrogen) atoms. The lowest BCUT2D eigenvalue weighted by molar-refractivity contribution is -0.158. The van der Waals surface area contributed by atoms with Crippen LogP contribution in [0.4, 0.5) is 5.69 Å². The average molecular weight is 507 g/mol. The fraction of sp³-hybridized carbons (Fsp3) is 0.500. The molecule has 1 amide bonds. The van der Waals surface area contributed by atoms with Gasteiger partial charge in [0.25, 0.3) is 0 Å². The Bertz CT molecular complexity index is 1090. The van der Waals surface area contributed by atoms with E-state index in [1.54, 1.807) is 4.90 Å². The lowest BCUT2D eigenvalue weighted by Gasteiger charge is -2.34. The number of benzene rings is 2. The van der Waals surface area contributed by atoms with Crippen molar-refractivity contribution in [1.29, 1.82) is 0 Å². The van der Waals surface area contributed by atoms with Crippen LogP contribution < -0.4 is 4.90 Å². The van der Waals surface area contributed by atoms with Crippen molar-refractivity contribution in [3.05, 3.63) is 54.6 Å². The summed E-state index contributed by atoms with van der Waals surface area (Å²) in [6.07, 6.45) is 3.84. The number of hydrogen-bond donors (Lipinski definition) is 0. The molecule has 0 unspecified atom stereocenters. The molecule has 198 valence electrons. The second kappa shape index (κ2) is 11.4. The summed E-state index contributed by atoms with van der Waals surface area (Å²) in [5.41, 5.74) is 2.64. The topological polar surface area (TPSA) is 76.2 Å². The second-order valence-electron chi connectivity index (χ2n) is 11.1. The number of rotatable bonds is 7. The molecule has 0 N–H and O–H groups in total. The van der Waals surface area contributed by atoms with Crippen molar-refractivity contribution in [3.8, 4) is 11.1 Å². The molecule has 7 nitrogen and oxygen atoms in total. The molecule has 2 fully saturated rings. The van der Waals surface area contributed by atoms with Crippen molar-refractivity contribution in [3.63, 3.8) is 0 Å². The van der Waals surface area contributed by atoms with Crippen LogP contribution in [-0.2, 0) is 23.9 Å². The van der Waals surface area contributed by atoms with E-state index >= 15 is 0 Å². The van der Waals surface area contributed by atoms with Crippen LogP contribution in [0.5, 0.6) is 0 Å². The van der Waals surface area contributed by atoms with Gasteiger partial charge in [0.2, 0.25) is 5.91 Å². The summed E-state index contributed by atoms with van der Waals surface area (Å²) in [6, 6.07) is 17.5. The first-order valence-corrected chi connectivity index (χ1v) is 13.2. The van der Waals surface area contributed by atoms with E-state index in [4.69, 9.17) is 9.47 Å². The minimum atomic E-state index is -0.748. The molecule has 1 aliphatic heterocycles. The summed E-state index contributed by atoms with van der Waals surface area (Å²) in [5.74, 6) is -1.65. The molecule has 0 radical (unpaired) electrons. The lowest BCUT2D eigenvalue weighted by atomic mass is 9.77. The van der Waals surface area contributed by atoms with Crippen molar-refractivity contribution >= 4 is 23.5 Å². The summed E-state index contributed by atoms with van der Waals surface area (Å²) in [7, 11) is 1.34. The monoisotopic (exact) mass is 506 g/mol. The van der Waals surface area contributed by atoms with Crippen LogP contribution in [0.25, 0.3) is 11.1 Å². The van der Waals surface area contributed by atoms with Gasteiger partial charge in [0.1, 0.15) is 12.1 Å². The zero-order chi connectivity index (χ0) is 26.6. The van der Waals surface area contributed by atoms with Crippen LogP contribution in [0.15, 0.2) is 54.6 Å². The van der Waals surface area contributed by atoms with Crippen LogP contribution in [0.1, 0.15) is 52.9 Å². The predicted molar refractivity (Wildman–Crippen MR) is 143 cm³/mol. The van der Waals surface area contributed by atoms with E-state index in [1.165, 1.54) is 7.11 Å². The van der Waals surface area contributed by atoms with E-state index in [1.807, 2.05) is 68.1 Å². The Morgan fingerprint density at radius 2 is 1.57 bits per heavy atom. The van der Waals surface area contributed by atoms with Gasteiger partial charge in [-0.05, 0) is 54.4 Å². The summed E-state index contributed by atoms with van der Waals surface area (Å²) in [5, 5.41) is 0. The highest BCUT2D eigenvalue weighted by molar-refractivity contribution is 5.90. The van der Waals surface area contributed by atoms with Crippen LogP contribution >= 0.6 is 0 Å². The average Bonchev–Trinajstić information content (AvgIpc) is 3.57. The van der Waals surface area contributed by atoms with Crippen molar-refractivity contribution in [2.45, 2.75) is 65.0 Å². The number of nitrogens with zero attached hydrogens (tertiary/aromatic N) is 2. The number of ether oxygens (including phenoxy) is 2. The van der Waals surface area contributed by atoms with Crippen molar-refractivity contribution in [2.75, 3.05) is 25.2 Å². The van der Waals surface area contributed by atoms with Crippen LogP contribution in [0.2, 0.25) is 0 Å². The van der Waals surface area contributed by atoms with Crippen molar-refractivity contribution < 1.29 is 23.9 Å². The van der Waals surface area contributed by atoms with E-state index in [0.29, 0.717) is 6.54 Å². The highest BCUT2D eigenvalue weighted by Crippen LogP contribution is 2.35. The molecule has 1 saturated carbocycles. The molecule has 4 rings (SSSR count). The predicted octanol–water partition coefficient (Wildman–Crippen LogP) is 5.04. The third-order valence-corrected chi connectivity index (χ3v) is 7.50. The zero-order valence-corrected chi connectivity index (χ0v) is 22.3. The number of hydrogen-bond acceptors (Lipinski definition) is 6. The standard InChI is InChI=1S/C30H38N2O5/c1-30(2,3)25(18-27(33)37-24-12-8-9-13-24)28(34)32-20-31(19-26(32)29(35)36-4)23-16-14-22(15-17-23)21-10-6-5-7-11-21/h5-7,10-11,14-17,24-26H,8-9,12-13,18-20H2,1-4H3/t25-,26+/m1/s1. The maximum absolute atomic E-state index is 13.9. The van der Waals surface area contributed by atoms with Gasteiger partial charge in [0.05, 0.1) is 32.7 Å². The highest BCUT2D eigenvalue weighted by atomic mass is 16.5. The fourth-order valence-electron chi connectivity index (χ4n) is 5.26. The summed E-state index contributed by atoms with van der Waals surface area (Å²) in [4.78, 5) is 43.0. The fourth-order valence-corrected chi connectivity index (χ4v) is 5.26. The minimum absolute atomic E-state index is 0.00496. The summed E-state index contributed by atoms with van der Waals surface area (Å²) >= 11 is 0. The molecule has 0 bridgehead atoms. The molecular weight excluding hydrogens is 468 g/mol. The molecule has 2 atom stereocenters. The normalized spacial score (nSPS) is 19.1. The first-order chi connectivity index (χ1) is 17.7. The van der Waals surface area contributed by atoms with Gasteiger partial charge in [-0.2, -0.15) is 0 Å². The summed E-state index contributed by atoms with van der Waals surface area (Å²) < 4.78 is 10.7. The first kappa shape index (κ1) is 26.7. The van der Waals surface area contributed by atoms with Gasteiger partial charge in [-0.15, -0.1) is 0 Å². The quantitative estimate of drug-likeness (QED) is 0.490. The third kappa shape index (κ3) is 6.32. The third-order valence-electron chi connectivity index (χ3n) is 7.50. The van der Waals surface area contributed by atoms with Crippen LogP contribution in [0.3, 0.4) is 0 Å². The molecule has 1 aliphatic carbocycles. The first-order valence-electron chi connectivity index (χ1n) is 13.2. The van der Waals surface area contributed by atoms with Gasteiger partial charge in [0, 0.05) is 5.69 Å². The van der Waals surface area contributed by atoms with Crippen molar-refractivity contribution in [2.24, 2.45) is 11.3 Å². The second-order valence-corrected chi connectivity index (χ2v) is 11.1. The molecule has 0 spiro atoms. The van der Waals surface area contributed by atoms with Gasteiger partial charge >= 0.3 is 11.9 Å². The van der Waals surface area contributed by atoms with Gasteiger partial charge in [-0.3, -0.25) is 9.59 Å². The van der Waals surface area contributed by atoms with E-state index < -0.39 is 23.3 Å². The van der Waals surface area contributed by atoms with Gasteiger partial charge in [0.15, 0.2) is 0 Å². The largest absolute Gasteiger partial charge is 0.467 e. The maximum atomic E-state index is 13.9. The molecule has 0 aromatic heterocycles. The van der Waals surface area contributed by atoms with E-state index in [-0.39, 0.29) is 31.1 Å². The van der Waals surface area contributed by atoms with Gasteiger partial charge < -0.3 is 19.3 Å². The maximum Gasteiger partial charge on any atom is 0.330 e. The molecule has 1 saturated heterocycles. The van der Waals surface area contributed by atoms with E-state index in [9.17, 15) is 14.4 Å². The lowest BCUT2D eigenvalue weighted by Crippen LogP contribution is -2.48. The van der Waals surface area contributed by atoms with Crippen LogP contribution in [-0.4, -0.2) is 55.2 Å². The Balaban J connectivity index is 1.52. The Morgan fingerprint density at radius 1 is 0.946 bits per heavy atom. The Kier molecular flexibility index (Phi) is 8.20. The highest BCUT2D eigenvalue weighted by Gasteiger charge is 2.45. The zero-order valence-electron chi connectivity index (χ0n) is 22.3. The van der Waals surface area contributed by atoms with Crippen LogP contribution in [0, 0.1) is 11.3 Å². The van der Waals surface area contributed by atoms with Gasteiger partial charge in [-0.25, -0.2) is 4.79 Å². The van der Waals surface area contributed by atoms with E-state index in [0.717, 1.165) is 42.5 Å². The number of carbonyl (C=O) groups is 3. The minimum Gasteiger partial charge on any atom is -0.467 e. The number of carbonyl (C=O) groups excluding carboxylic acids is 3. The molecule has 7 heteroatoms. The molecule has 2 aliphatic rings. The molecule has 2 aromatic carbocycles. The van der Waals surface area contributed by atoms with Gasteiger partial charge in [-0.1, -0.05) is 63.2 Å². The Labute approximate surface area is 219 Å².